The van der Waals surface area contributed by atoms with Crippen molar-refractivity contribution in [1.29, 1.82) is 0 Å². The number of thiophene rings is 1. The molecule has 1 aliphatic heterocycles. The highest BCUT2D eigenvalue weighted by Gasteiger charge is 2.31. The van der Waals surface area contributed by atoms with Gasteiger partial charge in [-0.05, 0) is 34.2 Å². The molecule has 1 nitrogen and oxygen atoms in total. The Morgan fingerprint density at radius 3 is 2.91 bits per heavy atom. The van der Waals surface area contributed by atoms with Gasteiger partial charge in [0.1, 0.15) is 0 Å². The van der Waals surface area contributed by atoms with Gasteiger partial charge in [-0.3, -0.25) is 0 Å². The molecule has 60 valence electrons. The first-order valence-corrected chi connectivity index (χ1v) is 4.95. The average molecular weight is 167 g/mol. The molecule has 0 saturated carbocycles. The molecule has 0 unspecified atom stereocenters. The Bertz CT molecular complexity index is 224. The second-order valence-corrected chi connectivity index (χ2v) is 4.50. The Labute approximate surface area is 71.4 Å². The van der Waals surface area contributed by atoms with Crippen LogP contribution < -0.4 is 5.32 Å². The summed E-state index contributed by atoms with van der Waals surface area (Å²) in [7, 11) is 0. The van der Waals surface area contributed by atoms with E-state index in [0.29, 0.717) is 5.41 Å². The summed E-state index contributed by atoms with van der Waals surface area (Å²) in [5.41, 5.74) is 2.04. The molecule has 0 bridgehead atoms. The van der Waals surface area contributed by atoms with Crippen molar-refractivity contribution in [2.75, 3.05) is 13.1 Å². The molecule has 0 aromatic carbocycles. The summed E-state index contributed by atoms with van der Waals surface area (Å²) in [6, 6.07) is 2.23. The van der Waals surface area contributed by atoms with Crippen LogP contribution in [-0.2, 0) is 6.42 Å². The Balaban J connectivity index is 2.00. The fourth-order valence-corrected chi connectivity index (χ4v) is 2.23. The lowest BCUT2D eigenvalue weighted by Crippen LogP contribution is -2.52. The number of rotatable bonds is 2. The molecule has 0 aliphatic carbocycles. The van der Waals surface area contributed by atoms with Crippen LogP contribution in [-0.4, -0.2) is 13.1 Å². The van der Waals surface area contributed by atoms with Crippen LogP contribution in [0.15, 0.2) is 16.8 Å². The standard InChI is InChI=1S/C9H13NS/c1-9(6-10-7-9)4-8-2-3-11-5-8/h2-3,5,10H,4,6-7H2,1H3. The van der Waals surface area contributed by atoms with Gasteiger partial charge < -0.3 is 5.32 Å². The number of hydrogen-bond donors (Lipinski definition) is 1. The molecule has 2 heterocycles. The lowest BCUT2D eigenvalue weighted by molar-refractivity contribution is 0.196. The van der Waals surface area contributed by atoms with Crippen LogP contribution in [0.1, 0.15) is 12.5 Å². The zero-order valence-corrected chi connectivity index (χ0v) is 7.58. The molecular weight excluding hydrogens is 154 g/mol. The summed E-state index contributed by atoms with van der Waals surface area (Å²) in [5.74, 6) is 0. The third-order valence-electron chi connectivity index (χ3n) is 2.31. The second kappa shape index (κ2) is 2.61. The third kappa shape index (κ3) is 1.47. The molecule has 2 heteroatoms. The number of hydrogen-bond acceptors (Lipinski definition) is 2. The summed E-state index contributed by atoms with van der Waals surface area (Å²) < 4.78 is 0. The van der Waals surface area contributed by atoms with E-state index in [1.54, 1.807) is 11.3 Å². The Morgan fingerprint density at radius 2 is 2.45 bits per heavy atom. The molecule has 2 rings (SSSR count). The summed E-state index contributed by atoms with van der Waals surface area (Å²) >= 11 is 1.79. The van der Waals surface area contributed by atoms with E-state index in [1.165, 1.54) is 25.1 Å². The highest BCUT2D eigenvalue weighted by molar-refractivity contribution is 7.07. The van der Waals surface area contributed by atoms with Crippen molar-refractivity contribution in [2.24, 2.45) is 5.41 Å². The Kier molecular flexibility index (Phi) is 1.74. The number of nitrogens with one attached hydrogen (secondary N) is 1. The Hall–Kier alpha value is -0.340. The molecule has 1 N–H and O–H groups in total. The largest absolute Gasteiger partial charge is 0.316 e. The first kappa shape index (κ1) is 7.32. The normalized spacial score (nSPS) is 21.2. The lowest BCUT2D eigenvalue weighted by atomic mass is 9.79. The van der Waals surface area contributed by atoms with E-state index >= 15 is 0 Å². The summed E-state index contributed by atoms with van der Waals surface area (Å²) in [6.45, 7) is 4.72. The minimum absolute atomic E-state index is 0.543. The molecular formula is C9H13NS. The van der Waals surface area contributed by atoms with E-state index in [9.17, 15) is 0 Å². The van der Waals surface area contributed by atoms with E-state index in [1.807, 2.05) is 0 Å². The van der Waals surface area contributed by atoms with E-state index < -0.39 is 0 Å². The van der Waals surface area contributed by atoms with E-state index in [0.717, 1.165) is 0 Å². The van der Waals surface area contributed by atoms with Gasteiger partial charge in [0.15, 0.2) is 0 Å². The van der Waals surface area contributed by atoms with Gasteiger partial charge in [-0.25, -0.2) is 0 Å². The first-order chi connectivity index (χ1) is 5.29. The predicted octanol–water partition coefficient (Wildman–Crippen LogP) is 1.90. The van der Waals surface area contributed by atoms with Crippen molar-refractivity contribution < 1.29 is 0 Å². The molecule has 1 saturated heterocycles. The molecule has 0 amide bonds. The molecule has 1 aliphatic rings. The molecule has 1 aromatic rings. The van der Waals surface area contributed by atoms with Gasteiger partial charge in [0.05, 0.1) is 0 Å². The van der Waals surface area contributed by atoms with Crippen LogP contribution in [0.3, 0.4) is 0 Å². The predicted molar refractivity (Wildman–Crippen MR) is 49.0 cm³/mol. The van der Waals surface area contributed by atoms with Crippen molar-refractivity contribution >= 4 is 11.3 Å². The van der Waals surface area contributed by atoms with Crippen LogP contribution >= 0.6 is 11.3 Å². The Morgan fingerprint density at radius 1 is 1.64 bits per heavy atom. The monoisotopic (exact) mass is 167 g/mol. The fraction of sp³-hybridized carbons (Fsp3) is 0.556. The zero-order valence-electron chi connectivity index (χ0n) is 6.76. The van der Waals surface area contributed by atoms with E-state index in [4.69, 9.17) is 0 Å². The minimum atomic E-state index is 0.543. The molecule has 0 spiro atoms. The van der Waals surface area contributed by atoms with E-state index in [-0.39, 0.29) is 0 Å². The highest BCUT2D eigenvalue weighted by atomic mass is 32.1. The van der Waals surface area contributed by atoms with Gasteiger partial charge in [-0.15, -0.1) is 0 Å². The van der Waals surface area contributed by atoms with Gasteiger partial charge in [-0.1, -0.05) is 6.92 Å². The van der Waals surface area contributed by atoms with Crippen molar-refractivity contribution in [3.63, 3.8) is 0 Å². The van der Waals surface area contributed by atoms with Crippen molar-refractivity contribution in [1.82, 2.24) is 5.32 Å². The van der Waals surface area contributed by atoms with Gasteiger partial charge in [0.2, 0.25) is 0 Å². The zero-order chi connectivity index (χ0) is 7.73. The average Bonchev–Trinajstić information content (AvgIpc) is 2.36. The van der Waals surface area contributed by atoms with Gasteiger partial charge in [0.25, 0.3) is 0 Å². The SMILES string of the molecule is CC1(Cc2ccsc2)CNC1. The highest BCUT2D eigenvalue weighted by Crippen LogP contribution is 2.27. The van der Waals surface area contributed by atoms with Crippen molar-refractivity contribution in [2.45, 2.75) is 13.3 Å². The van der Waals surface area contributed by atoms with E-state index in [2.05, 4.69) is 29.1 Å². The fourth-order valence-electron chi connectivity index (χ4n) is 1.56. The van der Waals surface area contributed by atoms with Crippen LogP contribution in [0.4, 0.5) is 0 Å². The topological polar surface area (TPSA) is 12.0 Å². The van der Waals surface area contributed by atoms with Crippen molar-refractivity contribution in [3.8, 4) is 0 Å². The van der Waals surface area contributed by atoms with Crippen LogP contribution in [0.2, 0.25) is 0 Å². The van der Waals surface area contributed by atoms with Crippen LogP contribution in [0, 0.1) is 5.41 Å². The maximum absolute atomic E-state index is 3.32. The molecule has 1 aromatic heterocycles. The molecule has 1 fully saturated rings. The lowest BCUT2D eigenvalue weighted by Gasteiger charge is -2.39. The quantitative estimate of drug-likeness (QED) is 0.709. The molecule has 11 heavy (non-hydrogen) atoms. The maximum Gasteiger partial charge on any atom is 0.00208 e. The van der Waals surface area contributed by atoms with Gasteiger partial charge in [0, 0.05) is 13.1 Å². The van der Waals surface area contributed by atoms with Crippen LogP contribution in [0.5, 0.6) is 0 Å². The summed E-state index contributed by atoms with van der Waals surface area (Å²) in [4.78, 5) is 0. The molecule has 0 atom stereocenters. The third-order valence-corrected chi connectivity index (χ3v) is 3.05. The van der Waals surface area contributed by atoms with Gasteiger partial charge >= 0.3 is 0 Å². The van der Waals surface area contributed by atoms with Crippen molar-refractivity contribution in [3.05, 3.63) is 22.4 Å². The summed E-state index contributed by atoms with van der Waals surface area (Å²) in [5, 5.41) is 7.73. The smallest absolute Gasteiger partial charge is 0.00208 e. The first-order valence-electron chi connectivity index (χ1n) is 4.00. The molecule has 0 radical (unpaired) electrons. The van der Waals surface area contributed by atoms with Gasteiger partial charge in [-0.2, -0.15) is 11.3 Å². The van der Waals surface area contributed by atoms with Crippen LogP contribution in [0.25, 0.3) is 0 Å². The second-order valence-electron chi connectivity index (χ2n) is 3.72. The maximum atomic E-state index is 3.32. The minimum Gasteiger partial charge on any atom is -0.316 e. The summed E-state index contributed by atoms with van der Waals surface area (Å²) in [6.07, 6.45) is 1.24.